The Labute approximate surface area is 287 Å². The molecule has 0 fully saturated rings. The fourth-order valence-corrected chi connectivity index (χ4v) is 6.75. The van der Waals surface area contributed by atoms with Crippen molar-refractivity contribution in [1.82, 2.24) is 34.9 Å². The molecule has 0 aliphatic carbocycles. The smallest absolute Gasteiger partial charge is 0.119 e. The van der Waals surface area contributed by atoms with E-state index in [9.17, 15) is 0 Å². The Kier molecular flexibility index (Phi) is 7.17. The first-order valence-corrected chi connectivity index (χ1v) is 16.3. The Bertz CT molecular complexity index is 2480. The Morgan fingerprint density at radius 2 is 0.820 bits per heavy atom. The number of rotatable bonds is 5. The molecule has 2 aliphatic rings. The van der Waals surface area contributed by atoms with Crippen molar-refractivity contribution in [3.63, 3.8) is 0 Å². The molecule has 9 rings (SSSR count). The predicted octanol–water partition coefficient (Wildman–Crippen LogP) is 9.52. The molecular weight excluding hydrogens is 619 g/mol. The lowest BCUT2D eigenvalue weighted by molar-refractivity contribution is 0.415. The second-order valence-corrected chi connectivity index (χ2v) is 11.9. The standard InChI is InChI=1S/C42H29N7O/c1-50-30-4-2-3-29(25-30)42-37-11-9-35(48-37)40(27-15-21-44-22-16-27)33-7-5-31(46-33)39(26-13-19-43-20-14-26)32-6-8-34(47-32)41(28-17-23-45-24-18-28)36-10-12-38(42)49-36/h2-25,48-49H,1H3. The van der Waals surface area contributed by atoms with Crippen LogP contribution in [-0.2, 0) is 0 Å². The van der Waals surface area contributed by atoms with Gasteiger partial charge in [0.1, 0.15) is 5.75 Å². The van der Waals surface area contributed by atoms with Gasteiger partial charge in [0.15, 0.2) is 0 Å². The minimum absolute atomic E-state index is 0.775. The van der Waals surface area contributed by atoms with Crippen molar-refractivity contribution in [2.75, 3.05) is 7.11 Å². The third-order valence-corrected chi connectivity index (χ3v) is 9.02. The number of fused-ring (bicyclic) bond motifs is 8. The highest BCUT2D eigenvalue weighted by atomic mass is 16.5. The van der Waals surface area contributed by atoms with E-state index in [1.54, 1.807) is 19.5 Å². The van der Waals surface area contributed by atoms with E-state index in [0.29, 0.717) is 0 Å². The fourth-order valence-electron chi connectivity index (χ4n) is 6.75. The van der Waals surface area contributed by atoms with Crippen molar-refractivity contribution in [2.24, 2.45) is 0 Å². The van der Waals surface area contributed by atoms with E-state index in [2.05, 4.69) is 85.6 Å². The molecule has 0 radical (unpaired) electrons. The predicted molar refractivity (Wildman–Crippen MR) is 201 cm³/mol. The van der Waals surface area contributed by atoms with E-state index < -0.39 is 0 Å². The van der Waals surface area contributed by atoms with Gasteiger partial charge in [0, 0.05) is 81.5 Å². The molecule has 8 nitrogen and oxygen atoms in total. The zero-order chi connectivity index (χ0) is 33.4. The molecule has 50 heavy (non-hydrogen) atoms. The minimum atomic E-state index is 0.775. The largest absolute Gasteiger partial charge is 0.497 e. The van der Waals surface area contributed by atoms with Gasteiger partial charge in [-0.2, -0.15) is 0 Å². The van der Waals surface area contributed by atoms with Crippen LogP contribution in [0.25, 0.3) is 90.9 Å². The third kappa shape index (κ3) is 5.16. The van der Waals surface area contributed by atoms with Gasteiger partial charge in [0.2, 0.25) is 0 Å². The number of benzene rings is 1. The molecule has 2 N–H and O–H groups in total. The number of aromatic amines is 2. The van der Waals surface area contributed by atoms with E-state index in [1.165, 1.54) is 0 Å². The van der Waals surface area contributed by atoms with Crippen LogP contribution in [-0.4, -0.2) is 42.0 Å². The van der Waals surface area contributed by atoms with Crippen LogP contribution >= 0.6 is 0 Å². The molecule has 1 aromatic carbocycles. The monoisotopic (exact) mass is 647 g/mol. The SMILES string of the molecule is COc1cccc(-c2c3ccc([nH]3)c(-c3ccncc3)c3nc(c(-c4ccncc4)c4nc(c(-c5ccncc5)c5ccc2[nH]5)C=C4)C=C3)c1. The van der Waals surface area contributed by atoms with Crippen molar-refractivity contribution in [3.05, 3.63) is 145 Å². The van der Waals surface area contributed by atoms with E-state index in [4.69, 9.17) is 14.7 Å². The molecule has 6 aromatic heterocycles. The summed E-state index contributed by atoms with van der Waals surface area (Å²) in [5, 5.41) is 0. The number of H-pyrrole nitrogens is 2. The van der Waals surface area contributed by atoms with Gasteiger partial charge in [0.05, 0.1) is 29.9 Å². The molecule has 0 saturated carbocycles. The number of hydrogen-bond acceptors (Lipinski definition) is 6. The van der Waals surface area contributed by atoms with Gasteiger partial charge in [-0.15, -0.1) is 0 Å². The summed E-state index contributed by atoms with van der Waals surface area (Å²) in [5.41, 5.74) is 14.9. The number of hydrogen-bond donors (Lipinski definition) is 2. The van der Waals surface area contributed by atoms with Crippen LogP contribution in [0.1, 0.15) is 22.8 Å². The number of nitrogens with one attached hydrogen (secondary N) is 2. The van der Waals surface area contributed by atoms with Crippen molar-refractivity contribution in [1.29, 1.82) is 0 Å². The molecule has 0 atom stereocenters. The van der Waals surface area contributed by atoms with Crippen LogP contribution in [0.5, 0.6) is 5.75 Å². The highest BCUT2D eigenvalue weighted by molar-refractivity contribution is 6.00. The normalized spacial score (nSPS) is 11.9. The van der Waals surface area contributed by atoms with Crippen LogP contribution in [0, 0.1) is 0 Å². The Morgan fingerprint density at radius 1 is 0.420 bits per heavy atom. The number of aromatic nitrogens is 7. The second kappa shape index (κ2) is 12.3. The first kappa shape index (κ1) is 29.2. The van der Waals surface area contributed by atoms with Crippen LogP contribution in [0.2, 0.25) is 0 Å². The summed E-state index contributed by atoms with van der Waals surface area (Å²) in [7, 11) is 1.69. The first-order chi connectivity index (χ1) is 24.7. The molecule has 2 aliphatic heterocycles. The van der Waals surface area contributed by atoms with Crippen LogP contribution < -0.4 is 4.74 Å². The van der Waals surface area contributed by atoms with Gasteiger partial charge in [-0.1, -0.05) is 12.1 Å². The molecule has 8 heterocycles. The van der Waals surface area contributed by atoms with Gasteiger partial charge in [0.25, 0.3) is 0 Å². The topological polar surface area (TPSA) is 105 Å². The Morgan fingerprint density at radius 3 is 1.26 bits per heavy atom. The lowest BCUT2D eigenvalue weighted by Crippen LogP contribution is -1.91. The van der Waals surface area contributed by atoms with Crippen molar-refractivity contribution < 1.29 is 4.74 Å². The number of nitrogens with zero attached hydrogens (tertiary/aromatic N) is 5. The molecule has 8 heteroatoms. The number of pyridine rings is 3. The van der Waals surface area contributed by atoms with Crippen molar-refractivity contribution in [2.45, 2.75) is 0 Å². The number of methoxy groups -OCH3 is 1. The highest BCUT2D eigenvalue weighted by Crippen LogP contribution is 2.38. The summed E-state index contributed by atoms with van der Waals surface area (Å²) >= 11 is 0. The maximum atomic E-state index is 5.66. The van der Waals surface area contributed by atoms with Crippen molar-refractivity contribution >= 4 is 46.4 Å². The molecule has 8 bridgehead atoms. The Balaban J connectivity index is 1.48. The lowest BCUT2D eigenvalue weighted by atomic mass is 10.0. The van der Waals surface area contributed by atoms with E-state index in [-0.39, 0.29) is 0 Å². The molecule has 0 unspecified atom stereocenters. The molecule has 0 saturated heterocycles. The van der Waals surface area contributed by atoms with E-state index in [1.807, 2.05) is 73.3 Å². The minimum Gasteiger partial charge on any atom is -0.497 e. The van der Waals surface area contributed by atoms with Gasteiger partial charge in [-0.25, -0.2) is 9.97 Å². The summed E-state index contributed by atoms with van der Waals surface area (Å²) in [6.45, 7) is 0. The maximum absolute atomic E-state index is 5.66. The molecule has 0 spiro atoms. The fraction of sp³-hybridized carbons (Fsp3) is 0.0238. The van der Waals surface area contributed by atoms with Gasteiger partial charge >= 0.3 is 0 Å². The molecule has 0 amide bonds. The van der Waals surface area contributed by atoms with Crippen molar-refractivity contribution in [3.8, 4) is 50.3 Å². The number of ether oxygens (including phenoxy) is 1. The zero-order valence-electron chi connectivity index (χ0n) is 27.0. The lowest BCUT2D eigenvalue weighted by Gasteiger charge is -2.07. The molecule has 7 aromatic rings. The third-order valence-electron chi connectivity index (χ3n) is 9.02. The van der Waals surface area contributed by atoms with Gasteiger partial charge in [-0.05, 0) is 119 Å². The first-order valence-electron chi connectivity index (χ1n) is 16.3. The van der Waals surface area contributed by atoms with Crippen LogP contribution in [0.4, 0.5) is 0 Å². The molecular formula is C42H29N7O. The van der Waals surface area contributed by atoms with E-state index in [0.717, 1.165) is 95.1 Å². The average molecular weight is 648 g/mol. The quantitative estimate of drug-likeness (QED) is 0.193. The summed E-state index contributed by atoms with van der Waals surface area (Å²) in [4.78, 5) is 31.0. The summed E-state index contributed by atoms with van der Waals surface area (Å²) in [6.07, 6.45) is 19.1. The van der Waals surface area contributed by atoms with Crippen LogP contribution in [0.3, 0.4) is 0 Å². The Hall–Kier alpha value is -6.93. The summed E-state index contributed by atoms with van der Waals surface area (Å²) < 4.78 is 5.66. The van der Waals surface area contributed by atoms with E-state index >= 15 is 0 Å². The summed E-state index contributed by atoms with van der Waals surface area (Å²) in [5.74, 6) is 0.775. The van der Waals surface area contributed by atoms with Crippen LogP contribution in [0.15, 0.2) is 122 Å². The average Bonchev–Trinajstić information content (AvgIpc) is 4.01. The zero-order valence-corrected chi connectivity index (χ0v) is 27.0. The second-order valence-electron chi connectivity index (χ2n) is 11.9. The maximum Gasteiger partial charge on any atom is 0.119 e. The van der Waals surface area contributed by atoms with Gasteiger partial charge in [-0.3, -0.25) is 15.0 Å². The summed E-state index contributed by atoms with van der Waals surface area (Å²) in [6, 6.07) is 28.7. The highest BCUT2D eigenvalue weighted by Gasteiger charge is 2.19. The molecule has 238 valence electrons. The van der Waals surface area contributed by atoms with Gasteiger partial charge < -0.3 is 14.7 Å².